The van der Waals surface area contributed by atoms with E-state index in [4.69, 9.17) is 0 Å². The average Bonchev–Trinajstić information content (AvgIpc) is 2.97. The van der Waals surface area contributed by atoms with Crippen molar-refractivity contribution in [3.8, 4) is 0 Å². The quantitative estimate of drug-likeness (QED) is 0.798. The Labute approximate surface area is 133 Å². The van der Waals surface area contributed by atoms with Crippen molar-refractivity contribution in [3.63, 3.8) is 0 Å². The van der Waals surface area contributed by atoms with E-state index in [0.717, 1.165) is 24.3 Å². The van der Waals surface area contributed by atoms with Gasteiger partial charge in [0, 0.05) is 45.1 Å². The number of carbonyl (C=O) groups is 2. The Morgan fingerprint density at radius 3 is 3.09 bits per heavy atom. The molecule has 7 heteroatoms. The van der Waals surface area contributed by atoms with Crippen LogP contribution in [-0.2, 0) is 4.79 Å². The molecular weight excluding hydrogens is 294 g/mol. The van der Waals surface area contributed by atoms with Crippen LogP contribution in [0, 0.1) is 6.92 Å². The molecule has 2 saturated heterocycles. The van der Waals surface area contributed by atoms with Gasteiger partial charge in [-0.15, -0.1) is 0 Å². The highest BCUT2D eigenvalue weighted by Gasteiger charge is 2.36. The van der Waals surface area contributed by atoms with Crippen molar-refractivity contribution >= 4 is 17.5 Å². The van der Waals surface area contributed by atoms with Crippen molar-refractivity contribution in [3.05, 3.63) is 35.8 Å². The second-order valence-corrected chi connectivity index (χ2v) is 6.19. The van der Waals surface area contributed by atoms with E-state index >= 15 is 0 Å². The normalized spacial score (nSPS) is 22.0. The summed E-state index contributed by atoms with van der Waals surface area (Å²) in [5.41, 5.74) is 2.30. The largest absolute Gasteiger partial charge is 0.353 e. The van der Waals surface area contributed by atoms with Crippen LogP contribution >= 0.6 is 0 Å². The molecule has 120 valence electrons. The van der Waals surface area contributed by atoms with E-state index in [1.807, 2.05) is 29.7 Å². The van der Waals surface area contributed by atoms with E-state index in [9.17, 15) is 9.59 Å². The smallest absolute Gasteiger partial charge is 0.274 e. The number of nitrogens with one attached hydrogen (secondary N) is 1. The molecule has 0 bridgehead atoms. The first-order chi connectivity index (χ1) is 11.1. The molecule has 0 saturated carbocycles. The summed E-state index contributed by atoms with van der Waals surface area (Å²) >= 11 is 0. The second-order valence-electron chi connectivity index (χ2n) is 6.19. The second kappa shape index (κ2) is 5.34. The number of piperazine rings is 2. The fourth-order valence-corrected chi connectivity index (χ4v) is 3.31. The van der Waals surface area contributed by atoms with Crippen molar-refractivity contribution in [1.29, 1.82) is 0 Å². The molecule has 7 nitrogen and oxygen atoms in total. The van der Waals surface area contributed by atoms with Crippen molar-refractivity contribution in [2.45, 2.75) is 13.0 Å². The fraction of sp³-hybridized carbons (Fsp3) is 0.438. The molecule has 2 aliphatic heterocycles. The summed E-state index contributed by atoms with van der Waals surface area (Å²) in [6.45, 7) is 5.33. The lowest BCUT2D eigenvalue weighted by molar-refractivity contribution is -0.131. The number of pyridine rings is 1. The highest BCUT2D eigenvalue weighted by atomic mass is 16.2. The van der Waals surface area contributed by atoms with Gasteiger partial charge in [0.2, 0.25) is 5.91 Å². The van der Waals surface area contributed by atoms with Gasteiger partial charge < -0.3 is 14.6 Å². The lowest BCUT2D eigenvalue weighted by atomic mass is 10.1. The van der Waals surface area contributed by atoms with E-state index in [0.29, 0.717) is 25.3 Å². The molecule has 0 aliphatic carbocycles. The maximum absolute atomic E-state index is 12.7. The van der Waals surface area contributed by atoms with E-state index in [2.05, 4.69) is 15.2 Å². The van der Waals surface area contributed by atoms with Gasteiger partial charge in [-0.3, -0.25) is 14.5 Å². The number of aryl methyl sites for hydroxylation is 1. The summed E-state index contributed by atoms with van der Waals surface area (Å²) in [6, 6.07) is 3.69. The van der Waals surface area contributed by atoms with Gasteiger partial charge in [0.25, 0.3) is 5.91 Å². The zero-order valence-corrected chi connectivity index (χ0v) is 13.0. The van der Waals surface area contributed by atoms with Gasteiger partial charge in [-0.2, -0.15) is 0 Å². The van der Waals surface area contributed by atoms with Crippen molar-refractivity contribution in [1.82, 2.24) is 24.5 Å². The minimum atomic E-state index is -0.235. The number of imidazole rings is 1. The van der Waals surface area contributed by atoms with E-state index in [1.165, 1.54) is 0 Å². The third kappa shape index (κ3) is 2.46. The topological polar surface area (TPSA) is 70.0 Å². The predicted octanol–water partition coefficient (Wildman–Crippen LogP) is -0.101. The van der Waals surface area contributed by atoms with Crippen LogP contribution in [0.25, 0.3) is 5.65 Å². The number of nitrogens with zero attached hydrogens (tertiary/aromatic N) is 4. The molecular formula is C16H19N5O2. The Balaban J connectivity index is 1.57. The van der Waals surface area contributed by atoms with Crippen LogP contribution in [0.5, 0.6) is 0 Å². The average molecular weight is 313 g/mol. The van der Waals surface area contributed by atoms with Crippen LogP contribution < -0.4 is 5.32 Å². The first-order valence-electron chi connectivity index (χ1n) is 7.88. The zero-order valence-electron chi connectivity index (χ0n) is 13.0. The first-order valence-corrected chi connectivity index (χ1v) is 7.88. The van der Waals surface area contributed by atoms with E-state index < -0.39 is 0 Å². The van der Waals surface area contributed by atoms with Gasteiger partial charge in [0.1, 0.15) is 17.4 Å². The number of aromatic nitrogens is 2. The van der Waals surface area contributed by atoms with Crippen molar-refractivity contribution in [2.75, 3.05) is 32.7 Å². The molecule has 0 aromatic carbocycles. The minimum Gasteiger partial charge on any atom is -0.353 e. The number of fused-ring (bicyclic) bond motifs is 2. The molecule has 1 unspecified atom stereocenters. The van der Waals surface area contributed by atoms with Crippen LogP contribution in [0.3, 0.4) is 0 Å². The molecule has 1 atom stereocenters. The van der Waals surface area contributed by atoms with Gasteiger partial charge in [0.05, 0.1) is 0 Å². The molecule has 2 aromatic rings. The number of hydrogen-bond donors (Lipinski definition) is 1. The molecule has 2 aromatic heterocycles. The lowest BCUT2D eigenvalue weighted by Gasteiger charge is -2.42. The Bertz CT molecular complexity index is 784. The highest BCUT2D eigenvalue weighted by Crippen LogP contribution is 2.16. The number of carbonyl (C=O) groups excluding carboxylic acids is 2. The molecule has 2 amide bonds. The summed E-state index contributed by atoms with van der Waals surface area (Å²) in [6.07, 6.45) is 3.66. The van der Waals surface area contributed by atoms with Gasteiger partial charge >= 0.3 is 0 Å². The summed E-state index contributed by atoms with van der Waals surface area (Å²) in [5.74, 6) is -0.0937. The molecule has 2 fully saturated rings. The molecule has 2 aliphatic rings. The van der Waals surface area contributed by atoms with Gasteiger partial charge in [-0.1, -0.05) is 0 Å². The molecule has 4 heterocycles. The molecule has 23 heavy (non-hydrogen) atoms. The minimum absolute atomic E-state index is 0.0133. The number of hydrogen-bond acceptors (Lipinski definition) is 4. The monoisotopic (exact) mass is 313 g/mol. The summed E-state index contributed by atoms with van der Waals surface area (Å²) in [7, 11) is 0. The van der Waals surface area contributed by atoms with E-state index in [1.54, 1.807) is 11.1 Å². The Morgan fingerprint density at radius 1 is 1.35 bits per heavy atom. The fourth-order valence-electron chi connectivity index (χ4n) is 3.31. The van der Waals surface area contributed by atoms with Gasteiger partial charge in [-0.05, 0) is 24.6 Å². The third-order valence-electron chi connectivity index (χ3n) is 4.61. The SMILES string of the molecule is Cc1ccn2cc(C(=O)N3CCN4CCNC(=O)C4C3)nc2c1. The summed E-state index contributed by atoms with van der Waals surface area (Å²) in [4.78, 5) is 33.1. The van der Waals surface area contributed by atoms with Crippen LogP contribution in [0.15, 0.2) is 24.5 Å². The van der Waals surface area contributed by atoms with Gasteiger partial charge in [0.15, 0.2) is 0 Å². The van der Waals surface area contributed by atoms with Crippen LogP contribution in [0.4, 0.5) is 0 Å². The Hall–Kier alpha value is -2.41. The van der Waals surface area contributed by atoms with Crippen molar-refractivity contribution < 1.29 is 9.59 Å². The van der Waals surface area contributed by atoms with Crippen LogP contribution in [-0.4, -0.2) is 69.8 Å². The lowest BCUT2D eigenvalue weighted by Crippen LogP contribution is -2.64. The summed E-state index contributed by atoms with van der Waals surface area (Å²) < 4.78 is 1.85. The highest BCUT2D eigenvalue weighted by molar-refractivity contribution is 5.94. The van der Waals surface area contributed by atoms with E-state index in [-0.39, 0.29) is 17.9 Å². The standard InChI is InChI=1S/C16H19N5O2/c1-11-2-4-20-9-12(18-14(20)8-11)16(23)21-7-6-19-5-3-17-15(22)13(19)10-21/h2,4,8-9,13H,3,5-7,10H2,1H3,(H,17,22). The molecule has 0 spiro atoms. The maximum atomic E-state index is 12.7. The third-order valence-corrected chi connectivity index (χ3v) is 4.61. The maximum Gasteiger partial charge on any atom is 0.274 e. The summed E-state index contributed by atoms with van der Waals surface area (Å²) in [5, 5.41) is 2.87. The molecule has 0 radical (unpaired) electrons. The number of rotatable bonds is 1. The van der Waals surface area contributed by atoms with Gasteiger partial charge in [-0.25, -0.2) is 4.98 Å². The predicted molar refractivity (Wildman–Crippen MR) is 84.2 cm³/mol. The van der Waals surface area contributed by atoms with Crippen LogP contribution in [0.1, 0.15) is 16.1 Å². The Kier molecular flexibility index (Phi) is 3.30. The number of amides is 2. The zero-order chi connectivity index (χ0) is 16.0. The van der Waals surface area contributed by atoms with Crippen molar-refractivity contribution in [2.24, 2.45) is 0 Å². The molecule has 1 N–H and O–H groups in total. The van der Waals surface area contributed by atoms with Crippen LogP contribution in [0.2, 0.25) is 0 Å². The first kappa shape index (κ1) is 14.2. The molecule has 4 rings (SSSR count). The Morgan fingerprint density at radius 2 is 2.22 bits per heavy atom.